The smallest absolute Gasteiger partial charge is 0.0738 e. The molecule has 1 N–H and O–H groups in total. The highest BCUT2D eigenvalue weighted by Gasteiger charge is 2.31. The molecule has 1 saturated heterocycles. The van der Waals surface area contributed by atoms with Gasteiger partial charge in [-0.05, 0) is 32.2 Å². The zero-order valence-electron chi connectivity index (χ0n) is 10.5. The molecule has 0 bridgehead atoms. The molecule has 2 fully saturated rings. The number of aromatic nitrogens is 3. The number of aryl methyl sites for hydroxylation is 1. The van der Waals surface area contributed by atoms with E-state index in [4.69, 9.17) is 0 Å². The Labute approximate surface area is 102 Å². The lowest BCUT2D eigenvalue weighted by molar-refractivity contribution is 0.225. The summed E-state index contributed by atoms with van der Waals surface area (Å²) in [5.74, 6) is 0. The molecule has 1 unspecified atom stereocenters. The fraction of sp³-hybridized carbons (Fsp3) is 0.833. The van der Waals surface area contributed by atoms with Crippen LogP contribution in [-0.2, 0) is 13.6 Å². The minimum atomic E-state index is 0.691. The molecule has 1 aliphatic carbocycles. The molecule has 1 atom stereocenters. The van der Waals surface area contributed by atoms with E-state index < -0.39 is 0 Å². The molecule has 1 saturated carbocycles. The molecule has 3 rings (SSSR count). The van der Waals surface area contributed by atoms with Crippen LogP contribution in [0, 0.1) is 0 Å². The number of hydrogen-bond donors (Lipinski definition) is 1. The monoisotopic (exact) mass is 235 g/mol. The first-order chi connectivity index (χ1) is 8.33. The van der Waals surface area contributed by atoms with Crippen LogP contribution in [0.3, 0.4) is 0 Å². The summed E-state index contributed by atoms with van der Waals surface area (Å²) in [6.07, 6.45) is 7.26. The predicted molar refractivity (Wildman–Crippen MR) is 65.5 cm³/mol. The van der Waals surface area contributed by atoms with Gasteiger partial charge in [0.05, 0.1) is 11.9 Å². The second-order valence-electron chi connectivity index (χ2n) is 5.30. The number of nitrogens with zero attached hydrogens (tertiary/aromatic N) is 4. The molecule has 0 radical (unpaired) electrons. The standard InChI is InChI=1S/C12H21N5/c1-16-12(7-14-15-16)9-17(11-4-5-11)8-10-3-2-6-13-10/h7,10-11,13H,2-6,8-9H2,1H3. The maximum Gasteiger partial charge on any atom is 0.0738 e. The van der Waals surface area contributed by atoms with E-state index in [0.717, 1.165) is 12.6 Å². The molecule has 2 aliphatic rings. The van der Waals surface area contributed by atoms with Gasteiger partial charge in [-0.1, -0.05) is 5.21 Å². The summed E-state index contributed by atoms with van der Waals surface area (Å²) < 4.78 is 1.89. The molecule has 0 spiro atoms. The Hall–Kier alpha value is -0.940. The molecule has 1 aliphatic heterocycles. The highest BCUT2D eigenvalue weighted by Crippen LogP contribution is 2.28. The topological polar surface area (TPSA) is 46.0 Å². The van der Waals surface area contributed by atoms with Gasteiger partial charge in [-0.25, -0.2) is 0 Å². The number of nitrogens with one attached hydrogen (secondary N) is 1. The van der Waals surface area contributed by atoms with E-state index in [0.29, 0.717) is 6.04 Å². The van der Waals surface area contributed by atoms with Crippen molar-refractivity contribution in [3.8, 4) is 0 Å². The lowest BCUT2D eigenvalue weighted by Crippen LogP contribution is -2.38. The van der Waals surface area contributed by atoms with Crippen molar-refractivity contribution in [3.63, 3.8) is 0 Å². The van der Waals surface area contributed by atoms with Gasteiger partial charge in [0.2, 0.25) is 0 Å². The van der Waals surface area contributed by atoms with Crippen molar-refractivity contribution in [1.82, 2.24) is 25.2 Å². The summed E-state index contributed by atoms with van der Waals surface area (Å²) in [5.41, 5.74) is 1.22. The van der Waals surface area contributed by atoms with Crippen LogP contribution >= 0.6 is 0 Å². The zero-order valence-corrected chi connectivity index (χ0v) is 10.5. The Kier molecular flexibility index (Phi) is 3.11. The minimum Gasteiger partial charge on any atom is -0.313 e. The van der Waals surface area contributed by atoms with Crippen LogP contribution in [-0.4, -0.2) is 45.1 Å². The molecule has 94 valence electrons. The fourth-order valence-corrected chi connectivity index (χ4v) is 2.64. The molecule has 0 aromatic carbocycles. The van der Waals surface area contributed by atoms with Gasteiger partial charge in [0.25, 0.3) is 0 Å². The zero-order chi connectivity index (χ0) is 11.7. The van der Waals surface area contributed by atoms with Crippen LogP contribution in [0.1, 0.15) is 31.4 Å². The van der Waals surface area contributed by atoms with E-state index in [2.05, 4.69) is 20.5 Å². The Morgan fingerprint density at radius 3 is 2.94 bits per heavy atom. The van der Waals surface area contributed by atoms with E-state index >= 15 is 0 Å². The van der Waals surface area contributed by atoms with Crippen LogP contribution in [0.15, 0.2) is 6.20 Å². The van der Waals surface area contributed by atoms with Crippen molar-refractivity contribution in [2.45, 2.75) is 44.3 Å². The number of rotatable bonds is 5. The first-order valence-corrected chi connectivity index (χ1v) is 6.64. The average molecular weight is 235 g/mol. The normalized spacial score (nSPS) is 24.7. The largest absolute Gasteiger partial charge is 0.313 e. The van der Waals surface area contributed by atoms with Crippen LogP contribution in [0.25, 0.3) is 0 Å². The maximum atomic E-state index is 4.01. The summed E-state index contributed by atoms with van der Waals surface area (Å²) in [4.78, 5) is 2.60. The van der Waals surface area contributed by atoms with E-state index in [-0.39, 0.29) is 0 Å². The van der Waals surface area contributed by atoms with Gasteiger partial charge >= 0.3 is 0 Å². The van der Waals surface area contributed by atoms with E-state index in [1.54, 1.807) is 0 Å². The van der Waals surface area contributed by atoms with Crippen molar-refractivity contribution >= 4 is 0 Å². The first kappa shape index (κ1) is 11.2. The van der Waals surface area contributed by atoms with Crippen LogP contribution in [0.4, 0.5) is 0 Å². The third-order valence-electron chi connectivity index (χ3n) is 3.85. The maximum absolute atomic E-state index is 4.01. The summed E-state index contributed by atoms with van der Waals surface area (Å²) in [7, 11) is 1.97. The summed E-state index contributed by atoms with van der Waals surface area (Å²) >= 11 is 0. The minimum absolute atomic E-state index is 0.691. The molecule has 5 nitrogen and oxygen atoms in total. The second-order valence-corrected chi connectivity index (χ2v) is 5.30. The van der Waals surface area contributed by atoms with E-state index in [1.165, 1.54) is 44.5 Å². The van der Waals surface area contributed by atoms with Gasteiger partial charge in [-0.15, -0.1) is 5.10 Å². The SMILES string of the molecule is Cn1nncc1CN(CC1CCCN1)C1CC1. The van der Waals surface area contributed by atoms with E-state index in [9.17, 15) is 0 Å². The average Bonchev–Trinajstić information content (AvgIpc) is 2.91. The molecule has 2 heterocycles. The summed E-state index contributed by atoms with van der Waals surface area (Å²) in [6, 6.07) is 1.49. The van der Waals surface area contributed by atoms with E-state index in [1.807, 2.05) is 17.9 Å². The van der Waals surface area contributed by atoms with Crippen molar-refractivity contribution in [1.29, 1.82) is 0 Å². The van der Waals surface area contributed by atoms with Gasteiger partial charge < -0.3 is 5.32 Å². The van der Waals surface area contributed by atoms with Gasteiger partial charge in [-0.2, -0.15) is 0 Å². The Morgan fingerprint density at radius 1 is 1.47 bits per heavy atom. The van der Waals surface area contributed by atoms with Gasteiger partial charge in [0.1, 0.15) is 0 Å². The molecule has 5 heteroatoms. The van der Waals surface area contributed by atoms with Gasteiger partial charge in [0, 0.05) is 32.2 Å². The quantitative estimate of drug-likeness (QED) is 0.809. The highest BCUT2D eigenvalue weighted by atomic mass is 15.4. The van der Waals surface area contributed by atoms with Crippen LogP contribution < -0.4 is 5.32 Å². The summed E-state index contributed by atoms with van der Waals surface area (Å²) in [5, 5.41) is 11.5. The molecule has 1 aromatic rings. The van der Waals surface area contributed by atoms with Crippen LogP contribution in [0.5, 0.6) is 0 Å². The van der Waals surface area contributed by atoms with Crippen molar-refractivity contribution in [3.05, 3.63) is 11.9 Å². The first-order valence-electron chi connectivity index (χ1n) is 6.64. The third-order valence-corrected chi connectivity index (χ3v) is 3.85. The predicted octanol–water partition coefficient (Wildman–Crippen LogP) is 0.531. The fourth-order valence-electron chi connectivity index (χ4n) is 2.64. The van der Waals surface area contributed by atoms with Gasteiger partial charge in [-0.3, -0.25) is 9.58 Å². The molecule has 0 amide bonds. The summed E-state index contributed by atoms with van der Waals surface area (Å²) in [6.45, 7) is 3.36. The lowest BCUT2D eigenvalue weighted by atomic mass is 10.2. The molecule has 17 heavy (non-hydrogen) atoms. The Bertz CT molecular complexity index is 365. The van der Waals surface area contributed by atoms with Crippen molar-refractivity contribution in [2.24, 2.45) is 7.05 Å². The Balaban J connectivity index is 1.61. The number of hydrogen-bond acceptors (Lipinski definition) is 4. The second kappa shape index (κ2) is 4.74. The molecular formula is C12H21N5. The molecule has 1 aromatic heterocycles. The van der Waals surface area contributed by atoms with Crippen molar-refractivity contribution < 1.29 is 0 Å². The van der Waals surface area contributed by atoms with Crippen LogP contribution in [0.2, 0.25) is 0 Å². The molecular weight excluding hydrogens is 214 g/mol. The third kappa shape index (κ3) is 2.66. The van der Waals surface area contributed by atoms with Gasteiger partial charge in [0.15, 0.2) is 0 Å². The van der Waals surface area contributed by atoms with Crippen molar-refractivity contribution in [2.75, 3.05) is 13.1 Å². The lowest BCUT2D eigenvalue weighted by Gasteiger charge is -2.25. The Morgan fingerprint density at radius 2 is 2.35 bits per heavy atom. The highest BCUT2D eigenvalue weighted by molar-refractivity contribution is 4.97.